The maximum atomic E-state index is 13.0. The number of nitrogens with one attached hydrogen (secondary N) is 1. The van der Waals surface area contributed by atoms with Crippen molar-refractivity contribution in [3.63, 3.8) is 0 Å². The third-order valence-corrected chi connectivity index (χ3v) is 6.18. The van der Waals surface area contributed by atoms with E-state index in [0.717, 1.165) is 48.9 Å². The Morgan fingerprint density at radius 1 is 0.909 bits per heavy atom. The lowest BCUT2D eigenvalue weighted by Gasteiger charge is -2.34. The number of aromatic nitrogens is 2. The van der Waals surface area contributed by atoms with Gasteiger partial charge in [-0.15, -0.1) is 10.2 Å². The first-order chi connectivity index (χ1) is 15.8. The van der Waals surface area contributed by atoms with E-state index >= 15 is 0 Å². The highest BCUT2D eigenvalue weighted by Gasteiger charge is 2.30. The van der Waals surface area contributed by atoms with Crippen LogP contribution in [0.4, 0.5) is 23.2 Å². The Kier molecular flexibility index (Phi) is 7.01. The van der Waals surface area contributed by atoms with Crippen molar-refractivity contribution in [2.75, 3.05) is 31.5 Å². The maximum absolute atomic E-state index is 13.0. The highest BCUT2D eigenvalue weighted by atomic mass is 32.1. The molecular weight excluding hydrogens is 458 g/mol. The molecule has 0 aliphatic carbocycles. The molecule has 0 spiro atoms. The molecule has 1 amide bonds. The van der Waals surface area contributed by atoms with Gasteiger partial charge >= 0.3 is 6.18 Å². The van der Waals surface area contributed by atoms with Crippen molar-refractivity contribution in [1.82, 2.24) is 20.0 Å². The Morgan fingerprint density at radius 2 is 1.52 bits per heavy atom. The lowest BCUT2D eigenvalue weighted by Crippen LogP contribution is -2.45. The van der Waals surface area contributed by atoms with Crippen LogP contribution < -0.4 is 5.32 Å². The van der Waals surface area contributed by atoms with Crippen LogP contribution in [0.1, 0.15) is 25.9 Å². The van der Waals surface area contributed by atoms with Gasteiger partial charge in [0.25, 0.3) is 5.91 Å². The van der Waals surface area contributed by atoms with Gasteiger partial charge in [0.15, 0.2) is 0 Å². The number of benzene rings is 2. The number of rotatable bonds is 6. The van der Waals surface area contributed by atoms with E-state index in [1.807, 2.05) is 0 Å². The zero-order chi connectivity index (χ0) is 23.4. The maximum Gasteiger partial charge on any atom is 0.416 e. The fourth-order valence-electron chi connectivity index (χ4n) is 3.48. The molecule has 11 heteroatoms. The number of amides is 1. The van der Waals surface area contributed by atoms with Gasteiger partial charge in [-0.1, -0.05) is 23.5 Å². The molecule has 33 heavy (non-hydrogen) atoms. The van der Waals surface area contributed by atoms with Crippen LogP contribution in [-0.2, 0) is 19.3 Å². The van der Waals surface area contributed by atoms with E-state index in [9.17, 15) is 22.4 Å². The summed E-state index contributed by atoms with van der Waals surface area (Å²) in [5.74, 6) is -0.780. The molecule has 0 atom stereocenters. The molecule has 1 aliphatic heterocycles. The molecule has 1 fully saturated rings. The van der Waals surface area contributed by atoms with Crippen molar-refractivity contribution in [3.8, 4) is 0 Å². The minimum atomic E-state index is -4.32. The lowest BCUT2D eigenvalue weighted by molar-refractivity contribution is -0.137. The van der Waals surface area contributed by atoms with Gasteiger partial charge in [-0.05, 0) is 42.0 Å². The average molecular weight is 480 g/mol. The highest BCUT2D eigenvalue weighted by molar-refractivity contribution is 7.13. The third kappa shape index (κ3) is 6.34. The molecule has 0 saturated carbocycles. The van der Waals surface area contributed by atoms with Crippen LogP contribution in [0.5, 0.6) is 0 Å². The van der Waals surface area contributed by atoms with Crippen LogP contribution in [0.15, 0.2) is 48.5 Å². The van der Waals surface area contributed by atoms with Crippen molar-refractivity contribution >= 4 is 22.9 Å². The molecule has 0 unspecified atom stereocenters. The van der Waals surface area contributed by atoms with E-state index in [4.69, 9.17) is 0 Å². The van der Waals surface area contributed by atoms with Gasteiger partial charge in [-0.2, -0.15) is 13.2 Å². The minimum absolute atomic E-state index is 0.232. The first-order valence-corrected chi connectivity index (χ1v) is 11.1. The van der Waals surface area contributed by atoms with Crippen LogP contribution in [0.25, 0.3) is 0 Å². The summed E-state index contributed by atoms with van der Waals surface area (Å²) >= 11 is 1.21. The van der Waals surface area contributed by atoms with E-state index < -0.39 is 17.6 Å². The Balaban J connectivity index is 1.24. The van der Waals surface area contributed by atoms with Gasteiger partial charge in [0.2, 0.25) is 5.01 Å². The topological polar surface area (TPSA) is 61.4 Å². The molecule has 6 nitrogen and oxygen atoms in total. The second-order valence-electron chi connectivity index (χ2n) is 7.71. The Bertz CT molecular complexity index is 1080. The van der Waals surface area contributed by atoms with E-state index in [1.165, 1.54) is 47.7 Å². The standard InChI is InChI=1S/C22H21F4N5OS/c23-17-5-7-18(8-6-17)27-20(32)21-29-28-19(33-21)14-31-11-9-30(10-12-31)13-15-1-3-16(4-2-15)22(24,25)26/h1-8H,9-14H2,(H,27,32). The second kappa shape index (κ2) is 9.94. The number of piperazine rings is 1. The number of carbonyl (C=O) groups excluding carboxylic acids is 1. The molecule has 1 saturated heterocycles. The molecular formula is C22H21F4N5OS. The largest absolute Gasteiger partial charge is 0.416 e. The van der Waals surface area contributed by atoms with Crippen LogP contribution in [0, 0.1) is 5.82 Å². The first-order valence-electron chi connectivity index (χ1n) is 10.3. The summed E-state index contributed by atoms with van der Waals surface area (Å²) in [6, 6.07) is 10.7. The summed E-state index contributed by atoms with van der Waals surface area (Å²) < 4.78 is 51.1. The minimum Gasteiger partial charge on any atom is -0.320 e. The number of hydrogen-bond acceptors (Lipinski definition) is 6. The Labute approximate surface area is 191 Å². The fraction of sp³-hybridized carbons (Fsp3) is 0.318. The van der Waals surface area contributed by atoms with Crippen LogP contribution in [0.3, 0.4) is 0 Å². The van der Waals surface area contributed by atoms with Crippen molar-refractivity contribution < 1.29 is 22.4 Å². The van der Waals surface area contributed by atoms with Crippen molar-refractivity contribution in [3.05, 3.63) is 75.5 Å². The van der Waals surface area contributed by atoms with Gasteiger partial charge < -0.3 is 5.32 Å². The molecule has 1 N–H and O–H groups in total. The SMILES string of the molecule is O=C(Nc1ccc(F)cc1)c1nnc(CN2CCN(Cc3ccc(C(F)(F)F)cc3)CC2)s1. The number of alkyl halides is 3. The van der Waals surface area contributed by atoms with Gasteiger partial charge in [-0.3, -0.25) is 14.6 Å². The predicted octanol–water partition coefficient (Wildman–Crippen LogP) is 4.27. The first kappa shape index (κ1) is 23.3. The molecule has 1 aliphatic rings. The fourth-order valence-corrected chi connectivity index (χ4v) is 4.26. The molecule has 0 radical (unpaired) electrons. The Morgan fingerprint density at radius 3 is 2.12 bits per heavy atom. The smallest absolute Gasteiger partial charge is 0.320 e. The molecule has 2 heterocycles. The molecule has 0 bridgehead atoms. The lowest BCUT2D eigenvalue weighted by atomic mass is 10.1. The monoisotopic (exact) mass is 479 g/mol. The summed E-state index contributed by atoms with van der Waals surface area (Å²) in [6.07, 6.45) is -4.32. The van der Waals surface area contributed by atoms with E-state index in [2.05, 4.69) is 25.3 Å². The molecule has 2 aromatic carbocycles. The van der Waals surface area contributed by atoms with Crippen molar-refractivity contribution in [1.29, 1.82) is 0 Å². The predicted molar refractivity (Wildman–Crippen MR) is 116 cm³/mol. The summed E-state index contributed by atoms with van der Waals surface area (Å²) in [5, 5.41) is 11.7. The van der Waals surface area contributed by atoms with E-state index in [1.54, 1.807) is 0 Å². The molecule has 174 valence electrons. The van der Waals surface area contributed by atoms with E-state index in [0.29, 0.717) is 18.8 Å². The molecule has 4 rings (SSSR count). The number of hydrogen-bond donors (Lipinski definition) is 1. The second-order valence-corrected chi connectivity index (χ2v) is 8.77. The zero-order valence-corrected chi connectivity index (χ0v) is 18.3. The molecule has 1 aromatic heterocycles. The van der Waals surface area contributed by atoms with Crippen LogP contribution in [0.2, 0.25) is 0 Å². The van der Waals surface area contributed by atoms with Gasteiger partial charge in [0, 0.05) is 38.4 Å². The van der Waals surface area contributed by atoms with E-state index in [-0.39, 0.29) is 10.8 Å². The summed E-state index contributed by atoms with van der Waals surface area (Å²) in [6.45, 7) is 4.26. The molecule has 3 aromatic rings. The normalized spacial score (nSPS) is 15.5. The van der Waals surface area contributed by atoms with Crippen LogP contribution in [-0.4, -0.2) is 52.1 Å². The van der Waals surface area contributed by atoms with Gasteiger partial charge in [0.1, 0.15) is 10.8 Å². The van der Waals surface area contributed by atoms with Gasteiger partial charge in [0.05, 0.1) is 12.1 Å². The van der Waals surface area contributed by atoms with Gasteiger partial charge in [-0.25, -0.2) is 4.39 Å². The van der Waals surface area contributed by atoms with Crippen molar-refractivity contribution in [2.24, 2.45) is 0 Å². The third-order valence-electron chi connectivity index (χ3n) is 5.27. The number of halogens is 4. The summed E-state index contributed by atoms with van der Waals surface area (Å²) in [7, 11) is 0. The Hall–Kier alpha value is -2.89. The summed E-state index contributed by atoms with van der Waals surface area (Å²) in [4.78, 5) is 16.7. The number of carbonyl (C=O) groups is 1. The highest BCUT2D eigenvalue weighted by Crippen LogP contribution is 2.29. The quantitative estimate of drug-likeness (QED) is 0.536. The van der Waals surface area contributed by atoms with Crippen LogP contribution >= 0.6 is 11.3 Å². The average Bonchev–Trinajstić information content (AvgIpc) is 3.25. The van der Waals surface area contributed by atoms with Crippen molar-refractivity contribution in [2.45, 2.75) is 19.3 Å². The number of nitrogens with zero attached hydrogens (tertiary/aromatic N) is 4. The summed E-state index contributed by atoms with van der Waals surface area (Å²) in [5.41, 5.74) is 0.679. The zero-order valence-electron chi connectivity index (χ0n) is 17.5. The number of anilines is 1.